The summed E-state index contributed by atoms with van der Waals surface area (Å²) in [4.78, 5) is 14.4. The van der Waals surface area contributed by atoms with Crippen LogP contribution in [0.1, 0.15) is 24.8 Å². The van der Waals surface area contributed by atoms with Gasteiger partial charge in [-0.3, -0.25) is 4.79 Å². The molecule has 2 atom stereocenters. The molecule has 19 heavy (non-hydrogen) atoms. The summed E-state index contributed by atoms with van der Waals surface area (Å²) in [5, 5.41) is 3.61. The normalized spacial score (nSPS) is 26.3. The maximum absolute atomic E-state index is 12.4. The molecule has 2 unspecified atom stereocenters. The van der Waals surface area contributed by atoms with Gasteiger partial charge in [-0.2, -0.15) is 0 Å². The van der Waals surface area contributed by atoms with Crippen LogP contribution >= 0.6 is 15.9 Å². The van der Waals surface area contributed by atoms with Crippen LogP contribution in [0.3, 0.4) is 0 Å². The molecule has 2 aliphatic heterocycles. The molecule has 3 nitrogen and oxygen atoms in total. The number of hydrogen-bond donors (Lipinski definition) is 1. The zero-order valence-corrected chi connectivity index (χ0v) is 12.5. The van der Waals surface area contributed by atoms with Gasteiger partial charge in [-0.1, -0.05) is 28.1 Å². The van der Waals surface area contributed by atoms with Crippen molar-refractivity contribution in [2.45, 2.75) is 37.8 Å². The Morgan fingerprint density at radius 1 is 1.21 bits per heavy atom. The van der Waals surface area contributed by atoms with Gasteiger partial charge in [0, 0.05) is 29.6 Å². The topological polar surface area (TPSA) is 32.3 Å². The van der Waals surface area contributed by atoms with E-state index in [2.05, 4.69) is 21.2 Å². The highest BCUT2D eigenvalue weighted by molar-refractivity contribution is 9.10. The van der Waals surface area contributed by atoms with Gasteiger partial charge in [0.25, 0.3) is 0 Å². The van der Waals surface area contributed by atoms with Gasteiger partial charge < -0.3 is 10.2 Å². The van der Waals surface area contributed by atoms with E-state index >= 15 is 0 Å². The molecule has 4 heteroatoms. The van der Waals surface area contributed by atoms with E-state index in [-0.39, 0.29) is 5.91 Å². The maximum Gasteiger partial charge on any atom is 0.227 e. The van der Waals surface area contributed by atoms with Gasteiger partial charge in [-0.25, -0.2) is 0 Å². The number of carbonyl (C=O) groups excluding carboxylic acids is 1. The number of hydrogen-bond acceptors (Lipinski definition) is 2. The number of likely N-dealkylation sites (tertiary alicyclic amines) is 1. The fraction of sp³-hybridized carbons (Fsp3) is 0.533. The molecule has 0 aliphatic carbocycles. The number of carbonyl (C=O) groups is 1. The molecular weight excluding hydrogens is 304 g/mol. The van der Waals surface area contributed by atoms with Crippen LogP contribution in [0, 0.1) is 0 Å². The minimum absolute atomic E-state index is 0.261. The average molecular weight is 323 g/mol. The van der Waals surface area contributed by atoms with E-state index in [1.165, 1.54) is 12.8 Å². The third-order valence-corrected chi connectivity index (χ3v) is 4.67. The van der Waals surface area contributed by atoms with Crippen molar-refractivity contribution in [3.05, 3.63) is 34.3 Å². The zero-order chi connectivity index (χ0) is 13.2. The second kappa shape index (κ2) is 5.63. The van der Waals surface area contributed by atoms with Gasteiger partial charge in [0.15, 0.2) is 0 Å². The predicted octanol–water partition coefficient (Wildman–Crippen LogP) is 2.34. The highest BCUT2D eigenvalue weighted by Gasteiger charge is 2.30. The Balaban J connectivity index is 1.62. The Morgan fingerprint density at radius 3 is 2.74 bits per heavy atom. The lowest BCUT2D eigenvalue weighted by atomic mass is 10.1. The van der Waals surface area contributed by atoms with Crippen molar-refractivity contribution in [1.29, 1.82) is 0 Å². The van der Waals surface area contributed by atoms with Crippen molar-refractivity contribution in [3.8, 4) is 0 Å². The summed E-state index contributed by atoms with van der Waals surface area (Å²) in [7, 11) is 0. The summed E-state index contributed by atoms with van der Waals surface area (Å²) >= 11 is 3.42. The number of fused-ring (bicyclic) bond motifs is 2. The monoisotopic (exact) mass is 322 g/mol. The second-order valence-electron chi connectivity index (χ2n) is 5.57. The molecule has 2 saturated heterocycles. The molecule has 0 spiro atoms. The zero-order valence-electron chi connectivity index (χ0n) is 10.9. The molecule has 0 aromatic heterocycles. The lowest BCUT2D eigenvalue weighted by Crippen LogP contribution is -2.39. The van der Waals surface area contributed by atoms with Crippen LogP contribution in [0.2, 0.25) is 0 Å². The first-order chi connectivity index (χ1) is 9.20. The Hall–Kier alpha value is -0.870. The van der Waals surface area contributed by atoms with Crippen molar-refractivity contribution >= 4 is 21.8 Å². The van der Waals surface area contributed by atoms with Gasteiger partial charge >= 0.3 is 0 Å². The van der Waals surface area contributed by atoms with Crippen molar-refractivity contribution in [1.82, 2.24) is 10.2 Å². The maximum atomic E-state index is 12.4. The van der Waals surface area contributed by atoms with Gasteiger partial charge in [0.05, 0.1) is 6.42 Å². The Morgan fingerprint density at radius 2 is 1.95 bits per heavy atom. The summed E-state index contributed by atoms with van der Waals surface area (Å²) < 4.78 is 1.06. The van der Waals surface area contributed by atoms with E-state index in [0.29, 0.717) is 18.5 Å². The van der Waals surface area contributed by atoms with E-state index in [4.69, 9.17) is 0 Å². The average Bonchev–Trinajstić information content (AvgIpc) is 2.71. The van der Waals surface area contributed by atoms with Crippen LogP contribution in [-0.2, 0) is 11.2 Å². The first-order valence-corrected chi connectivity index (χ1v) is 7.78. The smallest absolute Gasteiger partial charge is 0.227 e. The van der Waals surface area contributed by atoms with Crippen molar-refractivity contribution in [2.75, 3.05) is 13.1 Å². The second-order valence-corrected chi connectivity index (χ2v) is 6.49. The number of nitrogens with zero attached hydrogens (tertiary/aromatic N) is 1. The first-order valence-electron chi connectivity index (χ1n) is 6.99. The predicted molar refractivity (Wildman–Crippen MR) is 79.0 cm³/mol. The molecule has 1 N–H and O–H groups in total. The lowest BCUT2D eigenvalue weighted by Gasteiger charge is -2.24. The fourth-order valence-electron chi connectivity index (χ4n) is 3.06. The van der Waals surface area contributed by atoms with Crippen LogP contribution in [0.15, 0.2) is 28.7 Å². The van der Waals surface area contributed by atoms with Crippen molar-refractivity contribution in [2.24, 2.45) is 0 Å². The summed E-state index contributed by atoms with van der Waals surface area (Å²) in [6.45, 7) is 1.79. The lowest BCUT2D eigenvalue weighted by molar-refractivity contribution is -0.130. The molecule has 2 aliphatic rings. The third-order valence-electron chi connectivity index (χ3n) is 4.14. The molecule has 3 rings (SSSR count). The van der Waals surface area contributed by atoms with E-state index in [9.17, 15) is 4.79 Å². The standard InChI is InChI=1S/C15H19BrN2O/c16-12-3-1-11(2-4-12)9-15(19)18-8-7-13-5-6-14(10-18)17-13/h1-4,13-14,17H,5-10H2. The summed E-state index contributed by atoms with van der Waals surface area (Å²) in [6.07, 6.45) is 4.11. The van der Waals surface area contributed by atoms with Crippen molar-refractivity contribution in [3.63, 3.8) is 0 Å². The number of amides is 1. The summed E-state index contributed by atoms with van der Waals surface area (Å²) in [5.74, 6) is 0.261. The van der Waals surface area contributed by atoms with E-state index in [1.807, 2.05) is 29.2 Å². The van der Waals surface area contributed by atoms with E-state index < -0.39 is 0 Å². The fourth-order valence-corrected chi connectivity index (χ4v) is 3.32. The molecule has 2 bridgehead atoms. The molecule has 0 saturated carbocycles. The van der Waals surface area contributed by atoms with Crippen molar-refractivity contribution < 1.29 is 4.79 Å². The number of benzene rings is 1. The van der Waals surface area contributed by atoms with E-state index in [0.717, 1.165) is 29.5 Å². The Bertz CT molecular complexity index is 460. The minimum Gasteiger partial charge on any atom is -0.341 e. The molecule has 0 radical (unpaired) electrons. The van der Waals surface area contributed by atoms with Crippen LogP contribution in [-0.4, -0.2) is 36.0 Å². The Kier molecular flexibility index (Phi) is 3.89. The van der Waals surface area contributed by atoms with Crippen LogP contribution in [0.5, 0.6) is 0 Å². The molecule has 1 amide bonds. The van der Waals surface area contributed by atoms with E-state index in [1.54, 1.807) is 0 Å². The number of halogens is 1. The molecule has 2 heterocycles. The highest BCUT2D eigenvalue weighted by Crippen LogP contribution is 2.21. The molecule has 102 valence electrons. The van der Waals surface area contributed by atoms with Gasteiger partial charge in [-0.05, 0) is 37.0 Å². The first kappa shape index (κ1) is 13.1. The summed E-state index contributed by atoms with van der Waals surface area (Å²) in [5.41, 5.74) is 1.09. The largest absolute Gasteiger partial charge is 0.341 e. The van der Waals surface area contributed by atoms with Gasteiger partial charge in [-0.15, -0.1) is 0 Å². The third kappa shape index (κ3) is 3.18. The minimum atomic E-state index is 0.261. The molecular formula is C15H19BrN2O. The van der Waals surface area contributed by atoms with Crippen LogP contribution in [0.4, 0.5) is 0 Å². The summed E-state index contributed by atoms with van der Waals surface area (Å²) in [6, 6.07) is 9.18. The number of nitrogens with one attached hydrogen (secondary N) is 1. The van der Waals surface area contributed by atoms with Crippen LogP contribution in [0.25, 0.3) is 0 Å². The number of rotatable bonds is 2. The Labute approximate surface area is 122 Å². The molecule has 2 fully saturated rings. The van der Waals surface area contributed by atoms with Gasteiger partial charge in [0.1, 0.15) is 0 Å². The van der Waals surface area contributed by atoms with Crippen LogP contribution < -0.4 is 5.32 Å². The van der Waals surface area contributed by atoms with Gasteiger partial charge in [0.2, 0.25) is 5.91 Å². The highest BCUT2D eigenvalue weighted by atomic mass is 79.9. The molecule has 1 aromatic carbocycles. The SMILES string of the molecule is O=C(Cc1ccc(Br)cc1)N1CCC2CCC(C1)N2. The molecule has 1 aromatic rings. The quantitative estimate of drug-likeness (QED) is 0.906.